The van der Waals surface area contributed by atoms with E-state index >= 15 is 0 Å². The molecule has 2 aromatic heterocycles. The highest BCUT2D eigenvalue weighted by molar-refractivity contribution is 5.81. The number of hydrogen-bond acceptors (Lipinski definition) is 3. The molecule has 27 heavy (non-hydrogen) atoms. The van der Waals surface area contributed by atoms with Crippen molar-refractivity contribution in [2.75, 3.05) is 0 Å². The van der Waals surface area contributed by atoms with E-state index in [0.717, 1.165) is 28.9 Å². The van der Waals surface area contributed by atoms with Gasteiger partial charge in [-0.3, -0.25) is 0 Å². The molecule has 0 bridgehead atoms. The van der Waals surface area contributed by atoms with Gasteiger partial charge in [0.1, 0.15) is 5.82 Å². The monoisotopic (exact) mass is 356 g/mol. The van der Waals surface area contributed by atoms with Gasteiger partial charge in [0.05, 0.1) is 11.2 Å². The van der Waals surface area contributed by atoms with Crippen molar-refractivity contribution >= 4 is 10.9 Å². The van der Waals surface area contributed by atoms with E-state index < -0.39 is 0 Å². The van der Waals surface area contributed by atoms with Gasteiger partial charge in [-0.25, -0.2) is 19.3 Å². The third-order valence-corrected chi connectivity index (χ3v) is 4.32. The molecule has 2 aromatic carbocycles. The molecule has 0 aliphatic rings. The van der Waals surface area contributed by atoms with Crippen LogP contribution in [0.25, 0.3) is 22.2 Å². The van der Waals surface area contributed by atoms with Gasteiger partial charge in [0.25, 0.3) is 0 Å². The molecule has 0 amide bonds. The molecule has 4 rings (SSSR count). The van der Waals surface area contributed by atoms with Crippen molar-refractivity contribution in [3.8, 4) is 23.1 Å². The molecule has 0 saturated carbocycles. The Morgan fingerprint density at radius 2 is 1.81 bits per heavy atom. The zero-order chi connectivity index (χ0) is 18.8. The van der Waals surface area contributed by atoms with E-state index in [1.54, 1.807) is 6.07 Å². The lowest BCUT2D eigenvalue weighted by Crippen LogP contribution is -1.98. The molecule has 0 aliphatic heterocycles. The second-order valence-electron chi connectivity index (χ2n) is 6.15. The topological polar surface area (TPSA) is 43.6 Å². The van der Waals surface area contributed by atoms with E-state index in [4.69, 9.17) is 0 Å². The number of fused-ring (bicyclic) bond motifs is 1. The third-order valence-electron chi connectivity index (χ3n) is 4.32. The van der Waals surface area contributed by atoms with Crippen LogP contribution in [0.1, 0.15) is 24.3 Å². The summed E-state index contributed by atoms with van der Waals surface area (Å²) in [5.74, 6) is 6.72. The van der Waals surface area contributed by atoms with Crippen molar-refractivity contribution in [2.24, 2.45) is 0 Å². The second-order valence-corrected chi connectivity index (χ2v) is 6.15. The highest BCUT2D eigenvalue weighted by Gasteiger charge is 2.07. The lowest BCUT2D eigenvalue weighted by atomic mass is 10.2. The molecule has 0 unspecified atom stereocenters. The van der Waals surface area contributed by atoms with Gasteiger partial charge in [-0.05, 0) is 37.8 Å². The van der Waals surface area contributed by atoms with Crippen molar-refractivity contribution in [1.29, 1.82) is 0 Å². The summed E-state index contributed by atoms with van der Waals surface area (Å²) in [6.07, 6.45) is 1.99. The van der Waals surface area contributed by atoms with Gasteiger partial charge in [-0.15, -0.1) is 0 Å². The number of rotatable bonds is 2. The average molecular weight is 356 g/mol. The molecule has 0 saturated heterocycles. The maximum absolute atomic E-state index is 13.5. The minimum absolute atomic E-state index is 0.325. The SMILES string of the molecule is CCn1cc(-c2ccccc2)nc1C#Cc1nc(C)c2ccc(F)cc2n1. The van der Waals surface area contributed by atoms with Crippen LogP contribution in [0.2, 0.25) is 0 Å². The van der Waals surface area contributed by atoms with E-state index in [9.17, 15) is 4.39 Å². The molecule has 0 fully saturated rings. The normalized spacial score (nSPS) is 10.6. The lowest BCUT2D eigenvalue weighted by Gasteiger charge is -2.01. The molecule has 2 heterocycles. The molecule has 0 aliphatic carbocycles. The average Bonchev–Trinajstić information content (AvgIpc) is 3.10. The molecule has 4 nitrogen and oxygen atoms in total. The quantitative estimate of drug-likeness (QED) is 0.501. The number of aromatic nitrogens is 4. The molecular formula is C22H17FN4. The van der Waals surface area contributed by atoms with Crippen LogP contribution in [0, 0.1) is 24.6 Å². The fourth-order valence-corrected chi connectivity index (χ4v) is 2.93. The first-order valence-electron chi connectivity index (χ1n) is 8.72. The Morgan fingerprint density at radius 1 is 1.00 bits per heavy atom. The summed E-state index contributed by atoms with van der Waals surface area (Å²) in [5, 5.41) is 0.823. The number of aryl methyl sites for hydroxylation is 2. The van der Waals surface area contributed by atoms with Crippen molar-refractivity contribution in [3.63, 3.8) is 0 Å². The van der Waals surface area contributed by atoms with E-state index in [1.165, 1.54) is 12.1 Å². The molecule has 0 spiro atoms. The van der Waals surface area contributed by atoms with Crippen LogP contribution in [-0.4, -0.2) is 19.5 Å². The van der Waals surface area contributed by atoms with E-state index in [1.807, 2.05) is 54.9 Å². The van der Waals surface area contributed by atoms with Crippen molar-refractivity contribution in [3.05, 3.63) is 77.9 Å². The summed E-state index contributed by atoms with van der Waals surface area (Å²) in [6, 6.07) is 14.5. The highest BCUT2D eigenvalue weighted by atomic mass is 19.1. The molecule has 0 radical (unpaired) electrons. The Balaban J connectivity index is 1.74. The Morgan fingerprint density at radius 3 is 2.59 bits per heavy atom. The predicted molar refractivity (Wildman–Crippen MR) is 104 cm³/mol. The molecule has 4 aromatic rings. The van der Waals surface area contributed by atoms with Crippen molar-refractivity contribution in [2.45, 2.75) is 20.4 Å². The Hall–Kier alpha value is -3.52. The fourth-order valence-electron chi connectivity index (χ4n) is 2.93. The van der Waals surface area contributed by atoms with Crippen LogP contribution in [0.15, 0.2) is 54.7 Å². The fraction of sp³-hybridized carbons (Fsp3) is 0.136. The second kappa shape index (κ2) is 7.00. The van der Waals surface area contributed by atoms with Crippen LogP contribution in [0.3, 0.4) is 0 Å². The standard InChI is InChI=1S/C22H17FN4/c1-3-27-14-20(16-7-5-4-6-8-16)26-22(27)12-11-21-24-15(2)18-10-9-17(23)13-19(18)25-21/h4-10,13-14H,3H2,1-2H3. The Kier molecular flexibility index (Phi) is 4.39. The number of nitrogens with zero attached hydrogens (tertiary/aromatic N) is 4. The third kappa shape index (κ3) is 3.42. The van der Waals surface area contributed by atoms with Gasteiger partial charge in [0, 0.05) is 35.5 Å². The summed E-state index contributed by atoms with van der Waals surface area (Å²) in [4.78, 5) is 13.4. The molecule has 0 atom stereocenters. The van der Waals surface area contributed by atoms with E-state index in [0.29, 0.717) is 17.2 Å². The zero-order valence-corrected chi connectivity index (χ0v) is 15.1. The van der Waals surface area contributed by atoms with E-state index in [2.05, 4.69) is 26.8 Å². The van der Waals surface area contributed by atoms with Crippen LogP contribution in [0.4, 0.5) is 4.39 Å². The van der Waals surface area contributed by atoms with Gasteiger partial charge in [-0.2, -0.15) is 0 Å². The zero-order valence-electron chi connectivity index (χ0n) is 15.1. The maximum atomic E-state index is 13.5. The summed E-state index contributed by atoms with van der Waals surface area (Å²) in [7, 11) is 0. The summed E-state index contributed by atoms with van der Waals surface area (Å²) in [5.41, 5.74) is 3.24. The number of halogens is 1. The summed E-state index contributed by atoms with van der Waals surface area (Å²) >= 11 is 0. The van der Waals surface area contributed by atoms with Gasteiger partial charge < -0.3 is 4.57 Å². The van der Waals surface area contributed by atoms with Crippen LogP contribution in [0.5, 0.6) is 0 Å². The van der Waals surface area contributed by atoms with Crippen LogP contribution < -0.4 is 0 Å². The number of imidazole rings is 1. The highest BCUT2D eigenvalue weighted by Crippen LogP contribution is 2.19. The van der Waals surface area contributed by atoms with Gasteiger partial charge in [0.2, 0.25) is 5.82 Å². The van der Waals surface area contributed by atoms with Crippen LogP contribution >= 0.6 is 0 Å². The lowest BCUT2D eigenvalue weighted by molar-refractivity contribution is 0.629. The number of hydrogen-bond donors (Lipinski definition) is 0. The number of benzene rings is 2. The first-order chi connectivity index (χ1) is 13.1. The van der Waals surface area contributed by atoms with Gasteiger partial charge >= 0.3 is 0 Å². The predicted octanol–water partition coefficient (Wildman–Crippen LogP) is 4.36. The van der Waals surface area contributed by atoms with Gasteiger partial charge in [-0.1, -0.05) is 30.3 Å². The minimum Gasteiger partial charge on any atom is -0.324 e. The Bertz CT molecular complexity index is 1180. The first-order valence-corrected chi connectivity index (χ1v) is 8.72. The van der Waals surface area contributed by atoms with E-state index in [-0.39, 0.29) is 5.82 Å². The summed E-state index contributed by atoms with van der Waals surface area (Å²) < 4.78 is 15.5. The first kappa shape index (κ1) is 16.9. The van der Waals surface area contributed by atoms with Crippen molar-refractivity contribution in [1.82, 2.24) is 19.5 Å². The molecule has 132 valence electrons. The molecular weight excluding hydrogens is 339 g/mol. The smallest absolute Gasteiger partial charge is 0.206 e. The van der Waals surface area contributed by atoms with Crippen LogP contribution in [-0.2, 0) is 6.54 Å². The van der Waals surface area contributed by atoms with Crippen molar-refractivity contribution < 1.29 is 4.39 Å². The Labute approximate surface area is 156 Å². The molecule has 5 heteroatoms. The summed E-state index contributed by atoms with van der Waals surface area (Å²) in [6.45, 7) is 4.67. The minimum atomic E-state index is -0.325. The maximum Gasteiger partial charge on any atom is 0.206 e. The molecule has 0 N–H and O–H groups in total. The van der Waals surface area contributed by atoms with Gasteiger partial charge in [0.15, 0.2) is 5.82 Å². The largest absolute Gasteiger partial charge is 0.324 e.